The molecule has 1 unspecified atom stereocenters. The van der Waals surface area contributed by atoms with Gasteiger partial charge in [-0.25, -0.2) is 0 Å². The number of hydrogen-bond donors (Lipinski definition) is 1. The van der Waals surface area contributed by atoms with Crippen LogP contribution in [0.3, 0.4) is 0 Å². The number of benzene rings is 1. The lowest BCUT2D eigenvalue weighted by molar-refractivity contribution is -0.131. The van der Waals surface area contributed by atoms with Crippen LogP contribution in [0.1, 0.15) is 33.3 Å². The van der Waals surface area contributed by atoms with Crippen LogP contribution in [-0.2, 0) is 11.2 Å². The molecule has 0 aromatic heterocycles. The van der Waals surface area contributed by atoms with E-state index in [1.54, 1.807) is 0 Å². The average molecular weight is 248 g/mol. The van der Waals surface area contributed by atoms with E-state index in [1.165, 1.54) is 5.56 Å². The second-order valence-corrected chi connectivity index (χ2v) is 4.43. The van der Waals surface area contributed by atoms with Gasteiger partial charge in [0.1, 0.15) is 6.04 Å². The van der Waals surface area contributed by atoms with Gasteiger partial charge in [0.05, 0.1) is 0 Å². The Morgan fingerprint density at radius 2 is 1.94 bits per heavy atom. The topological polar surface area (TPSA) is 32.3 Å². The van der Waals surface area contributed by atoms with Crippen molar-refractivity contribution in [2.75, 3.05) is 18.4 Å². The summed E-state index contributed by atoms with van der Waals surface area (Å²) in [6, 6.07) is 8.05. The van der Waals surface area contributed by atoms with Gasteiger partial charge in [0.25, 0.3) is 0 Å². The van der Waals surface area contributed by atoms with E-state index in [9.17, 15) is 4.79 Å². The molecular weight excluding hydrogens is 224 g/mol. The molecule has 100 valence electrons. The van der Waals surface area contributed by atoms with Crippen molar-refractivity contribution in [3.63, 3.8) is 0 Å². The molecule has 0 fully saturated rings. The zero-order valence-corrected chi connectivity index (χ0v) is 11.9. The van der Waals surface area contributed by atoms with Gasteiger partial charge in [-0.1, -0.05) is 19.1 Å². The van der Waals surface area contributed by atoms with E-state index in [-0.39, 0.29) is 11.9 Å². The Morgan fingerprint density at radius 3 is 2.50 bits per heavy atom. The third-order valence-corrected chi connectivity index (χ3v) is 3.16. The molecule has 0 heterocycles. The molecule has 1 rings (SSSR count). The molecule has 0 spiro atoms. The van der Waals surface area contributed by atoms with E-state index in [4.69, 9.17) is 0 Å². The minimum Gasteiger partial charge on any atom is -0.374 e. The van der Waals surface area contributed by atoms with Crippen LogP contribution in [0.15, 0.2) is 24.3 Å². The van der Waals surface area contributed by atoms with Gasteiger partial charge >= 0.3 is 0 Å². The van der Waals surface area contributed by atoms with E-state index in [0.29, 0.717) is 0 Å². The molecule has 1 aromatic rings. The van der Waals surface area contributed by atoms with Crippen molar-refractivity contribution in [3.8, 4) is 0 Å². The monoisotopic (exact) mass is 248 g/mol. The Bertz CT molecular complexity index is 386. The molecular formula is C15H24N2O. The molecule has 3 nitrogen and oxygen atoms in total. The number of anilines is 1. The van der Waals surface area contributed by atoms with Gasteiger partial charge in [-0.15, -0.1) is 0 Å². The van der Waals surface area contributed by atoms with E-state index < -0.39 is 0 Å². The summed E-state index contributed by atoms with van der Waals surface area (Å²) in [7, 11) is 0. The second kappa shape index (κ2) is 7.04. The van der Waals surface area contributed by atoms with E-state index in [0.717, 1.165) is 25.2 Å². The number of aryl methyl sites for hydroxylation is 1. The van der Waals surface area contributed by atoms with Crippen LogP contribution in [-0.4, -0.2) is 29.9 Å². The first-order valence-corrected chi connectivity index (χ1v) is 6.76. The lowest BCUT2D eigenvalue weighted by Crippen LogP contribution is -2.41. The average Bonchev–Trinajstić information content (AvgIpc) is 2.40. The summed E-state index contributed by atoms with van der Waals surface area (Å²) in [4.78, 5) is 14.0. The van der Waals surface area contributed by atoms with Crippen LogP contribution in [0.25, 0.3) is 0 Å². The number of nitrogens with one attached hydrogen (secondary N) is 1. The summed E-state index contributed by atoms with van der Waals surface area (Å²) >= 11 is 0. The molecule has 1 N–H and O–H groups in total. The van der Waals surface area contributed by atoms with Crippen LogP contribution in [0.4, 0.5) is 5.69 Å². The Morgan fingerprint density at radius 1 is 1.28 bits per heavy atom. The maximum Gasteiger partial charge on any atom is 0.244 e. The largest absolute Gasteiger partial charge is 0.374 e. The van der Waals surface area contributed by atoms with Crippen LogP contribution in [0.5, 0.6) is 0 Å². The fraction of sp³-hybridized carbons (Fsp3) is 0.533. The molecule has 0 aliphatic carbocycles. The highest BCUT2D eigenvalue weighted by molar-refractivity contribution is 5.84. The van der Waals surface area contributed by atoms with Crippen molar-refractivity contribution in [3.05, 3.63) is 29.8 Å². The van der Waals surface area contributed by atoms with Gasteiger partial charge in [-0.2, -0.15) is 0 Å². The standard InChI is InChI=1S/C15H24N2O/c1-5-13-9-8-10-14(11-13)16-12(4)15(18)17(6-2)7-3/h8-12,16H,5-7H2,1-4H3. The molecule has 1 atom stereocenters. The molecule has 1 amide bonds. The Balaban J connectivity index is 2.68. The molecule has 1 aromatic carbocycles. The molecule has 0 aliphatic rings. The fourth-order valence-corrected chi connectivity index (χ4v) is 2.00. The van der Waals surface area contributed by atoms with Crippen molar-refractivity contribution < 1.29 is 4.79 Å². The quantitative estimate of drug-likeness (QED) is 0.839. The summed E-state index contributed by atoms with van der Waals surface area (Å²) in [5.74, 6) is 0.155. The first-order chi connectivity index (χ1) is 8.62. The van der Waals surface area contributed by atoms with Crippen LogP contribution < -0.4 is 5.32 Å². The first kappa shape index (κ1) is 14.6. The van der Waals surface area contributed by atoms with E-state index in [2.05, 4.69) is 24.4 Å². The predicted octanol–water partition coefficient (Wildman–Crippen LogP) is 2.92. The zero-order chi connectivity index (χ0) is 13.5. The summed E-state index contributed by atoms with van der Waals surface area (Å²) in [6.07, 6.45) is 1.01. The van der Waals surface area contributed by atoms with Crippen LogP contribution >= 0.6 is 0 Å². The molecule has 0 saturated heterocycles. The Kier molecular flexibility index (Phi) is 5.69. The number of rotatable bonds is 6. The van der Waals surface area contributed by atoms with Gasteiger partial charge in [-0.3, -0.25) is 4.79 Å². The Hall–Kier alpha value is -1.51. The minimum absolute atomic E-state index is 0.155. The van der Waals surface area contributed by atoms with Gasteiger partial charge in [0.15, 0.2) is 0 Å². The number of carbonyl (C=O) groups excluding carboxylic acids is 1. The van der Waals surface area contributed by atoms with Gasteiger partial charge in [0.2, 0.25) is 5.91 Å². The third kappa shape index (κ3) is 3.76. The predicted molar refractivity (Wildman–Crippen MR) is 76.8 cm³/mol. The molecule has 0 radical (unpaired) electrons. The molecule has 0 aliphatic heterocycles. The number of nitrogens with zero attached hydrogens (tertiary/aromatic N) is 1. The van der Waals surface area contributed by atoms with Crippen molar-refractivity contribution in [1.29, 1.82) is 0 Å². The number of hydrogen-bond acceptors (Lipinski definition) is 2. The third-order valence-electron chi connectivity index (χ3n) is 3.16. The molecule has 3 heteroatoms. The van der Waals surface area contributed by atoms with E-state index in [1.807, 2.05) is 37.8 Å². The molecule has 0 bridgehead atoms. The van der Waals surface area contributed by atoms with Crippen molar-refractivity contribution in [2.24, 2.45) is 0 Å². The summed E-state index contributed by atoms with van der Waals surface area (Å²) in [5.41, 5.74) is 2.30. The van der Waals surface area contributed by atoms with E-state index >= 15 is 0 Å². The lowest BCUT2D eigenvalue weighted by atomic mass is 10.1. The SMILES string of the molecule is CCc1cccc(NC(C)C(=O)N(CC)CC)c1. The van der Waals surface area contributed by atoms with Gasteiger partial charge in [0, 0.05) is 18.8 Å². The smallest absolute Gasteiger partial charge is 0.244 e. The summed E-state index contributed by atoms with van der Waals surface area (Å²) < 4.78 is 0. The normalized spacial score (nSPS) is 12.0. The number of carbonyl (C=O) groups is 1. The lowest BCUT2D eigenvalue weighted by Gasteiger charge is -2.24. The minimum atomic E-state index is -0.183. The summed E-state index contributed by atoms with van der Waals surface area (Å²) in [5, 5.41) is 3.27. The maximum absolute atomic E-state index is 12.1. The highest BCUT2D eigenvalue weighted by atomic mass is 16.2. The highest BCUT2D eigenvalue weighted by Gasteiger charge is 2.17. The Labute approximate surface area is 110 Å². The van der Waals surface area contributed by atoms with Crippen LogP contribution in [0, 0.1) is 0 Å². The summed E-state index contributed by atoms with van der Waals surface area (Å²) in [6.45, 7) is 9.58. The fourth-order valence-electron chi connectivity index (χ4n) is 2.00. The number of likely N-dealkylation sites (N-methyl/N-ethyl adjacent to an activating group) is 1. The highest BCUT2D eigenvalue weighted by Crippen LogP contribution is 2.13. The zero-order valence-electron chi connectivity index (χ0n) is 11.9. The van der Waals surface area contributed by atoms with Gasteiger partial charge in [-0.05, 0) is 44.9 Å². The van der Waals surface area contributed by atoms with Crippen molar-refractivity contribution >= 4 is 11.6 Å². The second-order valence-electron chi connectivity index (χ2n) is 4.43. The molecule has 18 heavy (non-hydrogen) atoms. The van der Waals surface area contributed by atoms with Gasteiger partial charge < -0.3 is 10.2 Å². The van der Waals surface area contributed by atoms with Crippen molar-refractivity contribution in [1.82, 2.24) is 4.90 Å². The first-order valence-electron chi connectivity index (χ1n) is 6.76. The molecule has 0 saturated carbocycles. The maximum atomic E-state index is 12.1. The number of amides is 1. The van der Waals surface area contributed by atoms with Crippen LogP contribution in [0.2, 0.25) is 0 Å². The van der Waals surface area contributed by atoms with Crippen molar-refractivity contribution in [2.45, 2.75) is 40.2 Å².